The lowest BCUT2D eigenvalue weighted by Crippen LogP contribution is -2.40. The third-order valence-corrected chi connectivity index (χ3v) is 10.5. The van der Waals surface area contributed by atoms with Gasteiger partial charge in [0.2, 0.25) is 11.8 Å². The molecule has 6 rings (SSSR count). The van der Waals surface area contributed by atoms with Crippen LogP contribution in [0.5, 0.6) is 0 Å². The van der Waals surface area contributed by atoms with Crippen molar-refractivity contribution in [3.05, 3.63) is 185 Å². The maximum atomic E-state index is 13.8. The largest absolute Gasteiger partial charge is 0.447 e. The number of aryl methyl sites for hydroxylation is 2. The molecule has 0 unspecified atom stereocenters. The van der Waals surface area contributed by atoms with Crippen LogP contribution in [-0.2, 0) is 27.2 Å². The van der Waals surface area contributed by atoms with E-state index in [2.05, 4.69) is 38.5 Å². The van der Waals surface area contributed by atoms with Crippen molar-refractivity contribution in [3.63, 3.8) is 0 Å². The molecule has 0 radical (unpaired) electrons. The van der Waals surface area contributed by atoms with Crippen LogP contribution in [0.3, 0.4) is 0 Å². The molecule has 0 aliphatic carbocycles. The van der Waals surface area contributed by atoms with Gasteiger partial charge in [-0.2, -0.15) is 27.0 Å². The van der Waals surface area contributed by atoms with Crippen LogP contribution in [0, 0.1) is 23.3 Å². The van der Waals surface area contributed by atoms with E-state index in [-0.39, 0.29) is 101 Å². The second kappa shape index (κ2) is 30.3. The fraction of sp³-hybridized carbons (Fsp3) is 0.240. The van der Waals surface area contributed by atoms with Gasteiger partial charge in [0.15, 0.2) is 23.3 Å². The van der Waals surface area contributed by atoms with Crippen molar-refractivity contribution in [2.75, 3.05) is 32.6 Å². The second-order valence-electron chi connectivity index (χ2n) is 15.0. The number of aliphatic hydroxyl groups is 1. The summed E-state index contributed by atoms with van der Waals surface area (Å²) in [4.78, 5) is 61.4. The summed E-state index contributed by atoms with van der Waals surface area (Å²) in [6, 6.07) is 25.5. The van der Waals surface area contributed by atoms with E-state index in [4.69, 9.17) is 10.3 Å². The summed E-state index contributed by atoms with van der Waals surface area (Å²) in [7, 11) is 3.15. The molecule has 70 heavy (non-hydrogen) atoms. The van der Waals surface area contributed by atoms with Crippen molar-refractivity contribution >= 4 is 78.2 Å². The highest BCUT2D eigenvalue weighted by atomic mass is 32.1. The Labute approximate surface area is 416 Å². The van der Waals surface area contributed by atoms with Crippen molar-refractivity contribution in [3.8, 4) is 0 Å². The quantitative estimate of drug-likeness (QED) is 0.0297. The van der Waals surface area contributed by atoms with Gasteiger partial charge in [0, 0.05) is 55.0 Å². The molecule has 0 spiro atoms. The summed E-state index contributed by atoms with van der Waals surface area (Å²) in [5.41, 5.74) is 8.59. The molecule has 0 saturated carbocycles. The Bertz CT molecular complexity index is 2780. The number of likely N-dealkylation sites (N-methyl/N-ethyl adjacent to an activating group) is 2. The average Bonchev–Trinajstić information content (AvgIpc) is 3.35. The first-order valence-corrected chi connectivity index (χ1v) is 21.1. The smallest absolute Gasteiger partial charge is 0.412 e. The topological polar surface area (TPSA) is 191 Å². The summed E-state index contributed by atoms with van der Waals surface area (Å²) in [6.07, 6.45) is 6.86. The van der Waals surface area contributed by atoms with Gasteiger partial charge >= 0.3 is 6.09 Å². The van der Waals surface area contributed by atoms with E-state index in [1.54, 1.807) is 50.8 Å². The minimum atomic E-state index is -0.946. The predicted octanol–water partition coefficient (Wildman–Crippen LogP) is 10.3. The normalized spacial score (nSPS) is 11.0. The lowest BCUT2D eigenvalue weighted by Gasteiger charge is -2.27. The van der Waals surface area contributed by atoms with Crippen LogP contribution >= 0.6 is 27.0 Å². The summed E-state index contributed by atoms with van der Waals surface area (Å²) in [5, 5.41) is 18.5. The summed E-state index contributed by atoms with van der Waals surface area (Å²) >= 11 is 0. The molecule has 2 N–H and O–H groups in total. The maximum Gasteiger partial charge on any atom is 0.412 e. The van der Waals surface area contributed by atoms with E-state index in [1.165, 1.54) is 34.1 Å². The Balaban J connectivity index is 0.000000387. The highest BCUT2D eigenvalue weighted by Gasteiger charge is 2.22. The number of carbonyl (C=O) groups excluding carboxylic acids is 4. The van der Waals surface area contributed by atoms with Gasteiger partial charge in [0.05, 0.1) is 18.7 Å². The molecule has 0 aliphatic rings. The molecule has 0 aliphatic heterocycles. The number of nitrogens with one attached hydrogen (secondary N) is 1. The molecule has 2 atom stereocenters. The highest BCUT2D eigenvalue weighted by molar-refractivity contribution is 7.59. The van der Waals surface area contributed by atoms with Crippen molar-refractivity contribution in [1.29, 1.82) is 0 Å². The molecular formula is C50H54F4N8O6S2. The standard InChI is InChI=1S/C25H25F2N3O3.C15H19F2NO2.C10H6N4O.2H2S/c1-3-7-20(30(2)23(31)13-12-17-10-6-11-21(26)24(17)27)16-33-25(32)29-22-14-18-8-4-5-9-19(18)15-28-22;1-3-5-12(10-19)18(2)14(20)9-8-11-6-4-7-13(16)15(11)17;11-14-13-10(15)9-5-7-3-1-2-4-8(7)6-12-9;;/h3-6,8-11,14-15,20H,1,7,12-13,16H2,2H3,(H,28,29,32);3-4,6-7,12,19H,1,5,8-10H2,2H3;1-6H;2*1H2/t20-;12-;;;/m00.../s1. The monoisotopic (exact) mass is 1000 g/mol. The van der Waals surface area contributed by atoms with Gasteiger partial charge in [-0.05, 0) is 82.5 Å². The number of anilines is 1. The average molecular weight is 1000 g/mol. The number of hydrogen-bond acceptors (Lipinski definition) is 8. The molecule has 2 heterocycles. The van der Waals surface area contributed by atoms with E-state index >= 15 is 0 Å². The van der Waals surface area contributed by atoms with Crippen molar-refractivity contribution in [2.24, 2.45) is 5.11 Å². The summed E-state index contributed by atoms with van der Waals surface area (Å²) < 4.78 is 59.0. The molecule has 4 aromatic carbocycles. The lowest BCUT2D eigenvalue weighted by atomic mass is 10.1. The molecule has 14 nitrogen and oxygen atoms in total. The lowest BCUT2D eigenvalue weighted by molar-refractivity contribution is -0.133. The summed E-state index contributed by atoms with van der Waals surface area (Å²) in [6.45, 7) is 7.02. The van der Waals surface area contributed by atoms with E-state index < -0.39 is 41.3 Å². The number of fused-ring (bicyclic) bond motifs is 2. The molecule has 0 saturated heterocycles. The number of amides is 4. The highest BCUT2D eigenvalue weighted by Crippen LogP contribution is 2.19. The number of azide groups is 1. The zero-order chi connectivity index (χ0) is 49.6. The van der Waals surface area contributed by atoms with E-state index in [0.29, 0.717) is 18.7 Å². The minimum Gasteiger partial charge on any atom is -0.447 e. The molecule has 2 aromatic heterocycles. The number of hydrogen-bond donors (Lipinski definition) is 2. The van der Waals surface area contributed by atoms with Gasteiger partial charge in [0.25, 0.3) is 5.91 Å². The molecular weight excluding hydrogens is 949 g/mol. The Hall–Kier alpha value is -7.25. The number of pyridine rings is 2. The van der Waals surface area contributed by atoms with E-state index in [0.717, 1.165) is 33.7 Å². The Morgan fingerprint density at radius 1 is 0.729 bits per heavy atom. The number of aromatic nitrogens is 2. The van der Waals surface area contributed by atoms with Crippen LogP contribution < -0.4 is 5.32 Å². The number of aliphatic hydroxyl groups excluding tert-OH is 1. The molecule has 6 aromatic rings. The van der Waals surface area contributed by atoms with Crippen LogP contribution in [0.15, 0.2) is 140 Å². The Morgan fingerprint density at radius 2 is 1.20 bits per heavy atom. The third-order valence-electron chi connectivity index (χ3n) is 10.5. The summed E-state index contributed by atoms with van der Waals surface area (Å²) in [5.74, 6) is -4.55. The number of rotatable bonds is 17. The van der Waals surface area contributed by atoms with Crippen molar-refractivity contribution < 1.29 is 46.6 Å². The molecule has 20 heteroatoms. The third kappa shape index (κ3) is 17.7. The number of nitrogens with zero attached hydrogens (tertiary/aromatic N) is 7. The number of carbonyl (C=O) groups is 4. The molecule has 0 fully saturated rings. The van der Waals surface area contributed by atoms with Gasteiger partial charge < -0.3 is 19.6 Å². The van der Waals surface area contributed by atoms with Gasteiger partial charge in [-0.3, -0.25) is 24.7 Å². The first kappa shape index (κ1) is 58.9. The Morgan fingerprint density at radius 3 is 1.70 bits per heavy atom. The van der Waals surface area contributed by atoms with Gasteiger partial charge in [-0.25, -0.2) is 27.3 Å². The van der Waals surface area contributed by atoms with E-state index in [1.807, 2.05) is 48.5 Å². The van der Waals surface area contributed by atoms with Crippen LogP contribution in [0.2, 0.25) is 0 Å². The number of benzene rings is 4. The Kier molecular flexibility index (Phi) is 25.5. The van der Waals surface area contributed by atoms with Crippen LogP contribution in [0.1, 0.15) is 47.3 Å². The molecule has 4 amide bonds. The van der Waals surface area contributed by atoms with Gasteiger partial charge in [0.1, 0.15) is 18.1 Å². The van der Waals surface area contributed by atoms with Gasteiger partial charge in [-0.1, -0.05) is 84.9 Å². The SMILES string of the molecule is C=CC[C@@H](CO)N(C)C(=O)CCc1cccc(F)c1F.C=CC[C@@H](COC(=O)Nc1cc2ccccc2cn1)N(C)C(=O)CCc1cccc(F)c1F.S.S.[N-]=[N+]=NC(=O)c1cc2ccccc2cn1. The minimum absolute atomic E-state index is 0. The first-order valence-electron chi connectivity index (χ1n) is 21.1. The zero-order valence-corrected chi connectivity index (χ0v) is 40.4. The zero-order valence-electron chi connectivity index (χ0n) is 38.4. The van der Waals surface area contributed by atoms with Crippen molar-refractivity contribution in [2.45, 2.75) is 50.6 Å². The second-order valence-corrected chi connectivity index (χ2v) is 15.0. The van der Waals surface area contributed by atoms with Crippen LogP contribution in [-0.4, -0.2) is 88.1 Å². The van der Waals surface area contributed by atoms with Gasteiger partial charge in [-0.15, -0.1) is 13.2 Å². The predicted molar refractivity (Wildman–Crippen MR) is 272 cm³/mol. The molecule has 0 bridgehead atoms. The fourth-order valence-corrected chi connectivity index (χ4v) is 6.56. The first-order chi connectivity index (χ1) is 32.7. The van der Waals surface area contributed by atoms with Crippen molar-refractivity contribution in [1.82, 2.24) is 19.8 Å². The fourth-order valence-electron chi connectivity index (χ4n) is 6.56. The van der Waals surface area contributed by atoms with Crippen LogP contribution in [0.4, 0.5) is 28.2 Å². The number of halogens is 4. The van der Waals surface area contributed by atoms with E-state index in [9.17, 15) is 41.8 Å². The number of ether oxygens (including phenoxy) is 1. The maximum absolute atomic E-state index is 13.8. The molecule has 370 valence electrons. The van der Waals surface area contributed by atoms with Crippen LogP contribution in [0.25, 0.3) is 32.0 Å².